The van der Waals surface area contributed by atoms with E-state index in [1.807, 2.05) is 0 Å². The maximum absolute atomic E-state index is 5.72. The first-order valence-corrected chi connectivity index (χ1v) is 4.49. The molecule has 0 radical (unpaired) electrons. The molecule has 0 aliphatic carbocycles. The van der Waals surface area contributed by atoms with Crippen molar-refractivity contribution >= 4 is 0 Å². The highest BCUT2D eigenvalue weighted by molar-refractivity contribution is 4.96. The Morgan fingerprint density at radius 3 is 2.17 bits per heavy atom. The van der Waals surface area contributed by atoms with E-state index in [4.69, 9.17) is 9.47 Å². The Balaban J connectivity index is 1.98. The molecule has 2 aliphatic heterocycles. The maximum atomic E-state index is 5.72. The number of ether oxygens (including phenoxy) is 2. The second kappa shape index (κ2) is 2.44. The highest BCUT2D eigenvalue weighted by Gasteiger charge is 2.48. The van der Waals surface area contributed by atoms with Gasteiger partial charge in [-0.05, 0) is 20.8 Å². The number of nitrogens with zero attached hydrogens (tertiary/aromatic N) is 1. The van der Waals surface area contributed by atoms with Crippen molar-refractivity contribution in [2.45, 2.75) is 31.9 Å². The van der Waals surface area contributed by atoms with Crippen LogP contribution in [0, 0.1) is 0 Å². The van der Waals surface area contributed by atoms with Gasteiger partial charge in [0.15, 0.2) is 0 Å². The Kier molecular flexibility index (Phi) is 1.72. The van der Waals surface area contributed by atoms with Crippen LogP contribution >= 0.6 is 0 Å². The molecule has 0 atom stereocenters. The summed E-state index contributed by atoms with van der Waals surface area (Å²) in [4.78, 5) is 2.36. The van der Waals surface area contributed by atoms with E-state index in [1.54, 1.807) is 0 Å². The monoisotopic (exact) mass is 171 g/mol. The van der Waals surface area contributed by atoms with E-state index in [9.17, 15) is 0 Å². The van der Waals surface area contributed by atoms with Gasteiger partial charge in [0.05, 0.1) is 13.2 Å². The summed E-state index contributed by atoms with van der Waals surface area (Å²) in [6, 6.07) is 0. The molecule has 0 N–H and O–H groups in total. The Morgan fingerprint density at radius 1 is 1.25 bits per heavy atom. The standard InChI is InChI=1S/C9H17NO2/c1-8(2,3)10-4-9(12-7-10)5-11-6-9/h4-7H2,1-3H3. The zero-order valence-corrected chi connectivity index (χ0v) is 8.09. The summed E-state index contributed by atoms with van der Waals surface area (Å²) in [6.45, 7) is 9.99. The number of rotatable bonds is 0. The van der Waals surface area contributed by atoms with Crippen LogP contribution in [-0.2, 0) is 9.47 Å². The van der Waals surface area contributed by atoms with Gasteiger partial charge in [-0.2, -0.15) is 0 Å². The maximum Gasteiger partial charge on any atom is 0.129 e. The molecule has 3 heteroatoms. The van der Waals surface area contributed by atoms with Crippen molar-refractivity contribution in [1.82, 2.24) is 4.90 Å². The van der Waals surface area contributed by atoms with Gasteiger partial charge < -0.3 is 9.47 Å². The molecule has 70 valence electrons. The average molecular weight is 171 g/mol. The van der Waals surface area contributed by atoms with Crippen LogP contribution in [-0.4, -0.2) is 42.5 Å². The van der Waals surface area contributed by atoms with E-state index in [-0.39, 0.29) is 11.1 Å². The summed E-state index contributed by atoms with van der Waals surface area (Å²) in [5.74, 6) is 0. The molecule has 0 amide bonds. The molecule has 2 fully saturated rings. The van der Waals surface area contributed by atoms with Crippen LogP contribution in [0.5, 0.6) is 0 Å². The van der Waals surface area contributed by atoms with Crippen molar-refractivity contribution in [3.05, 3.63) is 0 Å². The van der Waals surface area contributed by atoms with Gasteiger partial charge in [-0.15, -0.1) is 0 Å². The molecule has 0 aromatic carbocycles. The number of hydrogen-bond acceptors (Lipinski definition) is 3. The van der Waals surface area contributed by atoms with Gasteiger partial charge >= 0.3 is 0 Å². The van der Waals surface area contributed by atoms with Crippen LogP contribution in [0.15, 0.2) is 0 Å². The highest BCUT2D eigenvalue weighted by atomic mass is 16.6. The second-order valence-corrected chi connectivity index (χ2v) is 4.82. The van der Waals surface area contributed by atoms with Crippen molar-refractivity contribution in [1.29, 1.82) is 0 Å². The predicted octanol–water partition coefficient (Wildman–Crippen LogP) is 0.844. The molecular formula is C9H17NO2. The minimum absolute atomic E-state index is 0.0489. The van der Waals surface area contributed by atoms with Gasteiger partial charge in [0.25, 0.3) is 0 Å². The molecule has 0 bridgehead atoms. The normalized spacial score (nSPS) is 29.2. The Morgan fingerprint density at radius 2 is 1.92 bits per heavy atom. The lowest BCUT2D eigenvalue weighted by Crippen LogP contribution is -2.54. The van der Waals surface area contributed by atoms with Gasteiger partial charge in [0.1, 0.15) is 12.3 Å². The van der Waals surface area contributed by atoms with Crippen molar-refractivity contribution in [3.63, 3.8) is 0 Å². The van der Waals surface area contributed by atoms with Crippen LogP contribution < -0.4 is 0 Å². The highest BCUT2D eigenvalue weighted by Crippen LogP contribution is 2.32. The fraction of sp³-hybridized carbons (Fsp3) is 1.00. The molecule has 0 unspecified atom stereocenters. The Labute approximate surface area is 73.6 Å². The third-order valence-electron chi connectivity index (χ3n) is 2.68. The zero-order chi connectivity index (χ0) is 8.82. The smallest absolute Gasteiger partial charge is 0.129 e. The molecule has 2 heterocycles. The van der Waals surface area contributed by atoms with Gasteiger partial charge in [0.2, 0.25) is 0 Å². The van der Waals surface area contributed by atoms with Gasteiger partial charge in [-0.3, -0.25) is 4.90 Å². The molecule has 0 saturated carbocycles. The fourth-order valence-electron chi connectivity index (χ4n) is 1.59. The van der Waals surface area contributed by atoms with Crippen LogP contribution in [0.25, 0.3) is 0 Å². The topological polar surface area (TPSA) is 21.7 Å². The summed E-state index contributed by atoms with van der Waals surface area (Å²) < 4.78 is 10.9. The van der Waals surface area contributed by atoms with E-state index in [0.29, 0.717) is 0 Å². The zero-order valence-electron chi connectivity index (χ0n) is 8.09. The first-order valence-electron chi connectivity index (χ1n) is 4.49. The minimum Gasteiger partial charge on any atom is -0.375 e. The molecule has 12 heavy (non-hydrogen) atoms. The SMILES string of the molecule is CC(C)(C)N1COC2(COC2)C1. The largest absolute Gasteiger partial charge is 0.375 e. The van der Waals surface area contributed by atoms with E-state index >= 15 is 0 Å². The summed E-state index contributed by atoms with van der Waals surface area (Å²) in [5.41, 5.74) is 0.270. The number of hydrogen-bond donors (Lipinski definition) is 0. The molecule has 2 rings (SSSR count). The van der Waals surface area contributed by atoms with E-state index in [2.05, 4.69) is 25.7 Å². The predicted molar refractivity (Wildman–Crippen MR) is 46.0 cm³/mol. The summed E-state index contributed by atoms with van der Waals surface area (Å²) in [5, 5.41) is 0. The molecule has 3 nitrogen and oxygen atoms in total. The lowest BCUT2D eigenvalue weighted by atomic mass is 10.00. The van der Waals surface area contributed by atoms with Crippen molar-refractivity contribution in [2.75, 3.05) is 26.5 Å². The van der Waals surface area contributed by atoms with Crippen molar-refractivity contribution in [3.8, 4) is 0 Å². The van der Waals surface area contributed by atoms with Crippen LogP contribution in [0.4, 0.5) is 0 Å². The average Bonchev–Trinajstić information content (AvgIpc) is 2.26. The Bertz CT molecular complexity index is 181. The first kappa shape index (κ1) is 8.48. The van der Waals surface area contributed by atoms with E-state index in [0.717, 1.165) is 26.5 Å². The third kappa shape index (κ3) is 1.26. The van der Waals surface area contributed by atoms with Gasteiger partial charge in [-0.1, -0.05) is 0 Å². The third-order valence-corrected chi connectivity index (χ3v) is 2.68. The Hall–Kier alpha value is -0.120. The van der Waals surface area contributed by atoms with Gasteiger partial charge in [0, 0.05) is 12.1 Å². The van der Waals surface area contributed by atoms with E-state index in [1.165, 1.54) is 0 Å². The quantitative estimate of drug-likeness (QED) is 0.539. The lowest BCUT2D eigenvalue weighted by Gasteiger charge is -2.37. The van der Waals surface area contributed by atoms with Crippen LogP contribution in [0.3, 0.4) is 0 Å². The molecular weight excluding hydrogens is 154 g/mol. The lowest BCUT2D eigenvalue weighted by molar-refractivity contribution is -0.177. The van der Waals surface area contributed by atoms with E-state index < -0.39 is 0 Å². The minimum atomic E-state index is 0.0489. The summed E-state index contributed by atoms with van der Waals surface area (Å²) in [7, 11) is 0. The molecule has 1 spiro atoms. The van der Waals surface area contributed by atoms with Crippen molar-refractivity contribution in [2.24, 2.45) is 0 Å². The summed E-state index contributed by atoms with van der Waals surface area (Å²) in [6.07, 6.45) is 0. The van der Waals surface area contributed by atoms with Crippen molar-refractivity contribution < 1.29 is 9.47 Å². The molecule has 0 aromatic heterocycles. The van der Waals surface area contributed by atoms with Crippen LogP contribution in [0.2, 0.25) is 0 Å². The molecule has 0 aromatic rings. The fourth-order valence-corrected chi connectivity index (χ4v) is 1.59. The second-order valence-electron chi connectivity index (χ2n) is 4.82. The van der Waals surface area contributed by atoms with Crippen LogP contribution in [0.1, 0.15) is 20.8 Å². The summed E-state index contributed by atoms with van der Waals surface area (Å²) >= 11 is 0. The molecule has 2 saturated heterocycles. The van der Waals surface area contributed by atoms with Gasteiger partial charge in [-0.25, -0.2) is 0 Å². The first-order chi connectivity index (χ1) is 5.52. The molecule has 2 aliphatic rings.